The third-order valence-electron chi connectivity index (χ3n) is 4.07. The van der Waals surface area contributed by atoms with Crippen LogP contribution in [0.2, 0.25) is 0 Å². The molecule has 3 aliphatic rings. The number of ether oxygens (including phenoxy) is 2. The summed E-state index contributed by atoms with van der Waals surface area (Å²) in [5.74, 6) is 0.695. The van der Waals surface area contributed by atoms with Crippen molar-refractivity contribution in [3.8, 4) is 11.5 Å². The molecule has 4 atom stereocenters. The molecule has 0 aromatic heterocycles. The minimum absolute atomic E-state index is 0.144. The Bertz CT molecular complexity index is 626. The van der Waals surface area contributed by atoms with E-state index >= 15 is 0 Å². The Morgan fingerprint density at radius 2 is 1.90 bits per heavy atom. The second-order valence-corrected chi connectivity index (χ2v) is 5.18. The van der Waals surface area contributed by atoms with Crippen LogP contribution in [0.15, 0.2) is 24.3 Å². The lowest BCUT2D eigenvalue weighted by Gasteiger charge is -2.39. The molecule has 6 heteroatoms. The number of carbonyl (C=O) groups excluding carboxylic acids is 1. The molecule has 0 fully saturated rings. The lowest BCUT2D eigenvalue weighted by Crippen LogP contribution is -2.55. The van der Waals surface area contributed by atoms with Crippen molar-refractivity contribution in [3.05, 3.63) is 35.4 Å². The third-order valence-corrected chi connectivity index (χ3v) is 4.07. The van der Waals surface area contributed by atoms with Crippen molar-refractivity contribution in [3.63, 3.8) is 0 Å². The number of rotatable bonds is 0. The summed E-state index contributed by atoms with van der Waals surface area (Å²) in [6, 6.07) is 2.91. The van der Waals surface area contributed by atoms with Gasteiger partial charge < -0.3 is 25.0 Å². The van der Waals surface area contributed by atoms with Crippen molar-refractivity contribution < 1.29 is 24.5 Å². The maximum Gasteiger partial charge on any atom is 0.252 e. The topological polar surface area (TPSA) is 88.0 Å². The quantitative estimate of drug-likeness (QED) is 0.576. The van der Waals surface area contributed by atoms with E-state index in [-0.39, 0.29) is 18.6 Å². The van der Waals surface area contributed by atoms with Gasteiger partial charge in [-0.05, 0) is 17.7 Å². The standard InChI is InChI=1S/C14H13NO5/c16-9-2-1-6-7-3-10-11(20-5-19-10)4-8(7)14(18)15-12(6)13(9)17/h1-4,6,9,12-13,16-17H,5H2,(H,15,18)/t6-,9-,12-,13-/m1/s1. The summed E-state index contributed by atoms with van der Waals surface area (Å²) in [5.41, 5.74) is 1.30. The van der Waals surface area contributed by atoms with Gasteiger partial charge in [-0.1, -0.05) is 12.2 Å². The fraction of sp³-hybridized carbons (Fsp3) is 0.357. The first-order valence-corrected chi connectivity index (χ1v) is 6.44. The van der Waals surface area contributed by atoms with Gasteiger partial charge in [0, 0.05) is 11.5 Å². The second kappa shape index (κ2) is 3.97. The molecule has 6 nitrogen and oxygen atoms in total. The van der Waals surface area contributed by atoms with Crippen LogP contribution in [0.5, 0.6) is 11.5 Å². The van der Waals surface area contributed by atoms with Gasteiger partial charge in [0.25, 0.3) is 5.91 Å². The van der Waals surface area contributed by atoms with Crippen molar-refractivity contribution in [2.24, 2.45) is 0 Å². The SMILES string of the molecule is O=C1N[C@H]2[C@H](O)[C@H](O)C=C[C@@H]2c2cc3c(cc21)OCO3. The molecule has 0 radical (unpaired) electrons. The molecule has 104 valence electrons. The number of fused-ring (bicyclic) bond motifs is 4. The monoisotopic (exact) mass is 275 g/mol. The molecule has 0 unspecified atom stereocenters. The summed E-state index contributed by atoms with van der Waals surface area (Å²) >= 11 is 0. The van der Waals surface area contributed by atoms with E-state index in [9.17, 15) is 15.0 Å². The zero-order valence-electron chi connectivity index (χ0n) is 10.4. The molecular weight excluding hydrogens is 262 g/mol. The number of benzene rings is 1. The Kier molecular flexibility index (Phi) is 2.33. The summed E-state index contributed by atoms with van der Waals surface area (Å²) in [4.78, 5) is 12.2. The van der Waals surface area contributed by atoms with Crippen LogP contribution in [-0.2, 0) is 0 Å². The predicted octanol–water partition coefficient (Wildman–Crippen LogP) is -0.0975. The van der Waals surface area contributed by atoms with Gasteiger partial charge in [0.15, 0.2) is 11.5 Å². The van der Waals surface area contributed by atoms with Crippen LogP contribution < -0.4 is 14.8 Å². The molecule has 20 heavy (non-hydrogen) atoms. The van der Waals surface area contributed by atoms with Crippen molar-refractivity contribution in [2.45, 2.75) is 24.2 Å². The van der Waals surface area contributed by atoms with E-state index in [1.807, 2.05) is 6.08 Å². The number of hydrogen-bond acceptors (Lipinski definition) is 5. The first-order valence-electron chi connectivity index (χ1n) is 6.44. The number of carbonyl (C=O) groups is 1. The highest BCUT2D eigenvalue weighted by molar-refractivity contribution is 5.98. The van der Waals surface area contributed by atoms with Gasteiger partial charge in [0.05, 0.1) is 6.04 Å². The summed E-state index contributed by atoms with van der Waals surface area (Å²) < 4.78 is 10.6. The highest BCUT2D eigenvalue weighted by atomic mass is 16.7. The molecule has 3 N–H and O–H groups in total. The molecular formula is C14H13NO5. The van der Waals surface area contributed by atoms with E-state index in [1.54, 1.807) is 18.2 Å². The molecule has 4 rings (SSSR count). The largest absolute Gasteiger partial charge is 0.454 e. The first kappa shape index (κ1) is 11.7. The molecule has 1 aliphatic carbocycles. The number of nitrogens with one attached hydrogen (secondary N) is 1. The Morgan fingerprint density at radius 3 is 2.70 bits per heavy atom. The van der Waals surface area contributed by atoms with Crippen LogP contribution in [-0.4, -0.2) is 41.2 Å². The van der Waals surface area contributed by atoms with Gasteiger partial charge in [-0.15, -0.1) is 0 Å². The van der Waals surface area contributed by atoms with Gasteiger partial charge in [-0.2, -0.15) is 0 Å². The average molecular weight is 275 g/mol. The molecule has 0 saturated carbocycles. The Hall–Kier alpha value is -2.05. The van der Waals surface area contributed by atoms with Gasteiger partial charge in [0.1, 0.15) is 12.2 Å². The molecule has 0 bridgehead atoms. The lowest BCUT2D eigenvalue weighted by atomic mass is 9.77. The van der Waals surface area contributed by atoms with Crippen LogP contribution in [0, 0.1) is 0 Å². The van der Waals surface area contributed by atoms with Crippen molar-refractivity contribution in [1.29, 1.82) is 0 Å². The normalized spacial score (nSPS) is 33.4. The van der Waals surface area contributed by atoms with Crippen molar-refractivity contribution >= 4 is 5.91 Å². The molecule has 1 aromatic rings. The molecule has 0 saturated heterocycles. The Morgan fingerprint density at radius 1 is 1.15 bits per heavy atom. The lowest BCUT2D eigenvalue weighted by molar-refractivity contribution is 0.0104. The third kappa shape index (κ3) is 1.49. The first-order chi connectivity index (χ1) is 9.65. The molecule has 1 aromatic carbocycles. The number of hydrogen-bond donors (Lipinski definition) is 3. The Balaban J connectivity index is 1.87. The van der Waals surface area contributed by atoms with E-state index < -0.39 is 18.2 Å². The van der Waals surface area contributed by atoms with E-state index in [4.69, 9.17) is 9.47 Å². The summed E-state index contributed by atoms with van der Waals surface area (Å²) in [7, 11) is 0. The number of amides is 1. The van der Waals surface area contributed by atoms with Crippen LogP contribution in [0.4, 0.5) is 0 Å². The highest BCUT2D eigenvalue weighted by Gasteiger charge is 2.42. The fourth-order valence-corrected chi connectivity index (χ4v) is 3.02. The van der Waals surface area contributed by atoms with Crippen molar-refractivity contribution in [1.82, 2.24) is 5.32 Å². The predicted molar refractivity (Wildman–Crippen MR) is 67.7 cm³/mol. The second-order valence-electron chi connectivity index (χ2n) is 5.18. The van der Waals surface area contributed by atoms with Gasteiger partial charge >= 0.3 is 0 Å². The minimum atomic E-state index is -1.02. The van der Waals surface area contributed by atoms with Crippen LogP contribution in [0.3, 0.4) is 0 Å². The zero-order chi connectivity index (χ0) is 13.9. The molecule has 2 aliphatic heterocycles. The van der Waals surface area contributed by atoms with Crippen molar-refractivity contribution in [2.75, 3.05) is 6.79 Å². The molecule has 0 spiro atoms. The van der Waals surface area contributed by atoms with Crippen LogP contribution in [0.1, 0.15) is 21.8 Å². The molecule has 2 heterocycles. The van der Waals surface area contributed by atoms with E-state index in [0.717, 1.165) is 5.56 Å². The number of aliphatic hydroxyl groups excluding tert-OH is 2. The minimum Gasteiger partial charge on any atom is -0.454 e. The fourth-order valence-electron chi connectivity index (χ4n) is 3.02. The maximum absolute atomic E-state index is 12.2. The zero-order valence-corrected chi connectivity index (χ0v) is 10.4. The molecule has 1 amide bonds. The number of aliphatic hydroxyl groups is 2. The van der Waals surface area contributed by atoms with Gasteiger partial charge in [-0.3, -0.25) is 4.79 Å². The highest BCUT2D eigenvalue weighted by Crippen LogP contribution is 2.42. The van der Waals surface area contributed by atoms with E-state index in [2.05, 4.69) is 5.32 Å². The van der Waals surface area contributed by atoms with E-state index in [1.165, 1.54) is 0 Å². The maximum atomic E-state index is 12.2. The summed E-state index contributed by atoms with van der Waals surface area (Å²) in [5, 5.41) is 22.5. The Labute approximate surface area is 114 Å². The van der Waals surface area contributed by atoms with Gasteiger partial charge in [-0.25, -0.2) is 0 Å². The van der Waals surface area contributed by atoms with E-state index in [0.29, 0.717) is 17.1 Å². The average Bonchev–Trinajstić information content (AvgIpc) is 2.89. The van der Waals surface area contributed by atoms with Crippen LogP contribution in [0.25, 0.3) is 0 Å². The smallest absolute Gasteiger partial charge is 0.252 e. The van der Waals surface area contributed by atoms with Crippen LogP contribution >= 0.6 is 0 Å². The summed E-state index contributed by atoms with van der Waals surface area (Å²) in [6.07, 6.45) is 1.37. The summed E-state index contributed by atoms with van der Waals surface area (Å²) in [6.45, 7) is 0.144. The van der Waals surface area contributed by atoms with Gasteiger partial charge in [0.2, 0.25) is 6.79 Å².